The SMILES string of the molecule is CN1CCCC(CNCc2cnc3cnc(Br)cn23)C1. The Hall–Kier alpha value is -0.980. The van der Waals surface area contributed by atoms with Gasteiger partial charge in [-0.1, -0.05) is 0 Å². The number of aromatic nitrogens is 3. The summed E-state index contributed by atoms with van der Waals surface area (Å²) in [5.41, 5.74) is 2.06. The fourth-order valence-corrected chi connectivity index (χ4v) is 3.20. The largest absolute Gasteiger partial charge is 0.311 e. The first-order valence-electron chi connectivity index (χ1n) is 7.09. The van der Waals surface area contributed by atoms with Crippen LogP contribution in [0.3, 0.4) is 0 Å². The lowest BCUT2D eigenvalue weighted by atomic mass is 9.98. The zero-order chi connectivity index (χ0) is 13.9. The molecule has 1 saturated heterocycles. The van der Waals surface area contributed by atoms with Gasteiger partial charge >= 0.3 is 0 Å². The highest BCUT2D eigenvalue weighted by atomic mass is 79.9. The molecule has 0 aliphatic carbocycles. The molecule has 3 heterocycles. The van der Waals surface area contributed by atoms with Crippen LogP contribution in [0.1, 0.15) is 18.5 Å². The summed E-state index contributed by atoms with van der Waals surface area (Å²) in [4.78, 5) is 11.0. The first-order valence-corrected chi connectivity index (χ1v) is 7.88. The van der Waals surface area contributed by atoms with E-state index in [1.807, 2.05) is 12.4 Å². The van der Waals surface area contributed by atoms with Gasteiger partial charge in [-0.05, 0) is 54.8 Å². The Morgan fingerprint density at radius 3 is 3.15 bits per heavy atom. The van der Waals surface area contributed by atoms with Crippen LogP contribution in [0, 0.1) is 5.92 Å². The third-order valence-electron chi connectivity index (χ3n) is 3.90. The van der Waals surface area contributed by atoms with Crippen LogP contribution < -0.4 is 5.32 Å². The molecule has 1 aliphatic rings. The molecular formula is C14H20BrN5. The lowest BCUT2D eigenvalue weighted by Crippen LogP contribution is -2.37. The Morgan fingerprint density at radius 1 is 1.40 bits per heavy atom. The van der Waals surface area contributed by atoms with Gasteiger partial charge in [-0.2, -0.15) is 0 Å². The zero-order valence-electron chi connectivity index (χ0n) is 11.7. The second kappa shape index (κ2) is 6.20. The molecule has 2 aromatic heterocycles. The van der Waals surface area contributed by atoms with Gasteiger partial charge in [-0.25, -0.2) is 9.97 Å². The summed E-state index contributed by atoms with van der Waals surface area (Å²) in [7, 11) is 2.21. The summed E-state index contributed by atoms with van der Waals surface area (Å²) >= 11 is 3.40. The molecule has 1 fully saturated rings. The molecule has 3 rings (SSSR count). The van der Waals surface area contributed by atoms with Crippen molar-refractivity contribution in [1.29, 1.82) is 0 Å². The quantitative estimate of drug-likeness (QED) is 0.925. The smallest absolute Gasteiger partial charge is 0.155 e. The summed E-state index contributed by atoms with van der Waals surface area (Å²) in [6.45, 7) is 4.36. The van der Waals surface area contributed by atoms with Crippen LogP contribution in [0.5, 0.6) is 0 Å². The molecule has 5 nitrogen and oxygen atoms in total. The van der Waals surface area contributed by atoms with Crippen LogP contribution in [0.25, 0.3) is 5.65 Å². The Labute approximate surface area is 127 Å². The lowest BCUT2D eigenvalue weighted by Gasteiger charge is -2.29. The maximum Gasteiger partial charge on any atom is 0.155 e. The molecule has 0 amide bonds. The molecule has 2 aromatic rings. The van der Waals surface area contributed by atoms with E-state index in [9.17, 15) is 0 Å². The zero-order valence-corrected chi connectivity index (χ0v) is 13.3. The average Bonchev–Trinajstić information content (AvgIpc) is 2.82. The average molecular weight is 338 g/mol. The molecule has 0 bridgehead atoms. The van der Waals surface area contributed by atoms with Crippen LogP contribution in [0.15, 0.2) is 23.2 Å². The van der Waals surface area contributed by atoms with Crippen molar-refractivity contribution in [3.05, 3.63) is 28.9 Å². The van der Waals surface area contributed by atoms with Gasteiger partial charge in [0.25, 0.3) is 0 Å². The van der Waals surface area contributed by atoms with Crippen molar-refractivity contribution in [2.24, 2.45) is 5.92 Å². The molecule has 1 N–H and O–H groups in total. The number of fused-ring (bicyclic) bond motifs is 1. The van der Waals surface area contributed by atoms with Gasteiger partial charge in [0.15, 0.2) is 5.65 Å². The first kappa shape index (κ1) is 14.0. The van der Waals surface area contributed by atoms with E-state index in [0.717, 1.165) is 29.3 Å². The van der Waals surface area contributed by atoms with E-state index in [4.69, 9.17) is 0 Å². The molecule has 0 spiro atoms. The number of imidazole rings is 1. The van der Waals surface area contributed by atoms with Crippen LogP contribution in [0.2, 0.25) is 0 Å². The third kappa shape index (κ3) is 3.19. The van der Waals surface area contributed by atoms with Gasteiger partial charge in [-0.3, -0.25) is 4.40 Å². The fraction of sp³-hybridized carbons (Fsp3) is 0.571. The number of halogens is 1. The van der Waals surface area contributed by atoms with Gasteiger partial charge in [0.1, 0.15) is 4.60 Å². The number of nitrogens with one attached hydrogen (secondary N) is 1. The first-order chi connectivity index (χ1) is 9.72. The standard InChI is InChI=1S/C14H20BrN5/c1-19-4-2-3-11(9-19)5-16-6-12-7-18-14-8-17-13(15)10-20(12)14/h7-8,10-11,16H,2-6,9H2,1H3. The van der Waals surface area contributed by atoms with E-state index in [1.165, 1.54) is 31.6 Å². The number of hydrogen-bond donors (Lipinski definition) is 1. The van der Waals surface area contributed by atoms with Crippen molar-refractivity contribution < 1.29 is 0 Å². The molecular weight excluding hydrogens is 318 g/mol. The number of likely N-dealkylation sites (tertiary alicyclic amines) is 1. The summed E-state index contributed by atoms with van der Waals surface area (Å²) in [6.07, 6.45) is 8.32. The second-order valence-corrected chi connectivity index (χ2v) is 6.40. The van der Waals surface area contributed by atoms with Crippen molar-refractivity contribution in [2.45, 2.75) is 19.4 Å². The van der Waals surface area contributed by atoms with Crippen LogP contribution >= 0.6 is 15.9 Å². The van der Waals surface area contributed by atoms with Crippen molar-refractivity contribution in [2.75, 3.05) is 26.7 Å². The number of rotatable bonds is 4. The monoisotopic (exact) mass is 337 g/mol. The Kier molecular flexibility index (Phi) is 4.33. The van der Waals surface area contributed by atoms with Gasteiger partial charge in [-0.15, -0.1) is 0 Å². The maximum atomic E-state index is 4.37. The van der Waals surface area contributed by atoms with E-state index in [2.05, 4.69) is 47.6 Å². The fourth-order valence-electron chi connectivity index (χ4n) is 2.89. The molecule has 1 atom stereocenters. The van der Waals surface area contributed by atoms with Crippen molar-refractivity contribution in [3.63, 3.8) is 0 Å². The van der Waals surface area contributed by atoms with Gasteiger partial charge in [0.2, 0.25) is 0 Å². The predicted molar refractivity (Wildman–Crippen MR) is 82.6 cm³/mol. The van der Waals surface area contributed by atoms with Crippen molar-refractivity contribution in [3.8, 4) is 0 Å². The number of nitrogens with zero attached hydrogens (tertiary/aromatic N) is 4. The highest BCUT2D eigenvalue weighted by Crippen LogP contribution is 2.14. The highest BCUT2D eigenvalue weighted by Gasteiger charge is 2.16. The molecule has 0 aromatic carbocycles. The van der Waals surface area contributed by atoms with Crippen LogP contribution in [-0.4, -0.2) is 46.0 Å². The van der Waals surface area contributed by atoms with E-state index in [-0.39, 0.29) is 0 Å². The summed E-state index contributed by atoms with van der Waals surface area (Å²) in [6, 6.07) is 0. The molecule has 0 saturated carbocycles. The Balaban J connectivity index is 1.58. The minimum absolute atomic E-state index is 0.765. The molecule has 1 unspecified atom stereocenters. The van der Waals surface area contributed by atoms with Crippen molar-refractivity contribution >= 4 is 21.6 Å². The third-order valence-corrected chi connectivity index (χ3v) is 4.31. The van der Waals surface area contributed by atoms with E-state index < -0.39 is 0 Å². The van der Waals surface area contributed by atoms with Gasteiger partial charge < -0.3 is 10.2 Å². The maximum absolute atomic E-state index is 4.37. The normalized spacial score (nSPS) is 20.6. The summed E-state index contributed by atoms with van der Waals surface area (Å²) < 4.78 is 2.91. The number of hydrogen-bond acceptors (Lipinski definition) is 4. The topological polar surface area (TPSA) is 45.5 Å². The molecule has 0 radical (unpaired) electrons. The van der Waals surface area contributed by atoms with Crippen LogP contribution in [-0.2, 0) is 6.54 Å². The van der Waals surface area contributed by atoms with Crippen molar-refractivity contribution in [1.82, 2.24) is 24.6 Å². The van der Waals surface area contributed by atoms with Gasteiger partial charge in [0.05, 0.1) is 18.1 Å². The minimum Gasteiger partial charge on any atom is -0.311 e. The van der Waals surface area contributed by atoms with E-state index in [0.29, 0.717) is 0 Å². The second-order valence-electron chi connectivity index (χ2n) is 5.59. The Bertz CT molecular complexity index is 582. The number of piperidine rings is 1. The Morgan fingerprint density at radius 2 is 2.30 bits per heavy atom. The van der Waals surface area contributed by atoms with E-state index in [1.54, 1.807) is 6.20 Å². The molecule has 20 heavy (non-hydrogen) atoms. The lowest BCUT2D eigenvalue weighted by molar-refractivity contribution is 0.206. The summed E-state index contributed by atoms with van der Waals surface area (Å²) in [5.74, 6) is 0.765. The molecule has 6 heteroatoms. The van der Waals surface area contributed by atoms with Crippen LogP contribution in [0.4, 0.5) is 0 Å². The summed E-state index contributed by atoms with van der Waals surface area (Å²) in [5, 5.41) is 3.57. The highest BCUT2D eigenvalue weighted by molar-refractivity contribution is 9.10. The molecule has 108 valence electrons. The predicted octanol–water partition coefficient (Wildman–Crippen LogP) is 1.92. The van der Waals surface area contributed by atoms with E-state index >= 15 is 0 Å². The molecule has 1 aliphatic heterocycles. The van der Waals surface area contributed by atoms with Gasteiger partial charge in [0, 0.05) is 19.3 Å². The minimum atomic E-state index is 0.765.